The van der Waals surface area contributed by atoms with Crippen molar-refractivity contribution < 1.29 is 4.52 Å². The van der Waals surface area contributed by atoms with Gasteiger partial charge in [-0.1, -0.05) is 5.16 Å². The van der Waals surface area contributed by atoms with Crippen molar-refractivity contribution in [1.29, 1.82) is 0 Å². The van der Waals surface area contributed by atoms with Crippen molar-refractivity contribution in [2.45, 2.75) is 17.4 Å². The fraction of sp³-hybridized carbons (Fsp3) is 0.214. The molecule has 21 heavy (non-hydrogen) atoms. The molecule has 0 amide bonds. The number of nitrogens with two attached hydrogens (primary N) is 1. The molecule has 0 aliphatic heterocycles. The Hall–Kier alpha value is -2.12. The van der Waals surface area contributed by atoms with Crippen LogP contribution >= 0.6 is 11.8 Å². The first-order chi connectivity index (χ1) is 10.3. The minimum Gasteiger partial charge on any atom is -0.348 e. The molecule has 0 aliphatic carbocycles. The number of aromatic nitrogens is 4. The molecule has 0 saturated heterocycles. The first-order valence-corrected chi connectivity index (χ1v) is 7.69. The van der Waals surface area contributed by atoms with Crippen LogP contribution in [0.25, 0.3) is 11.4 Å². The van der Waals surface area contributed by atoms with Gasteiger partial charge >= 0.3 is 0 Å². The van der Waals surface area contributed by atoms with Gasteiger partial charge in [0, 0.05) is 28.8 Å². The summed E-state index contributed by atoms with van der Waals surface area (Å²) in [5.41, 5.74) is 7.93. The van der Waals surface area contributed by atoms with Crippen molar-refractivity contribution in [3.8, 4) is 11.4 Å². The molecule has 0 spiro atoms. The molecule has 0 unspecified atom stereocenters. The van der Waals surface area contributed by atoms with Gasteiger partial charge in [-0.2, -0.15) is 4.98 Å². The molecule has 0 saturated carbocycles. The van der Waals surface area contributed by atoms with E-state index < -0.39 is 0 Å². The smallest absolute Gasteiger partial charge is 0.244 e. The fourth-order valence-corrected chi connectivity index (χ4v) is 2.37. The van der Waals surface area contributed by atoms with E-state index >= 15 is 0 Å². The van der Waals surface area contributed by atoms with Gasteiger partial charge in [-0.3, -0.25) is 0 Å². The number of imidazole rings is 1. The molecule has 2 aromatic heterocycles. The van der Waals surface area contributed by atoms with Crippen molar-refractivity contribution in [1.82, 2.24) is 20.1 Å². The number of hydrogen-bond acceptors (Lipinski definition) is 6. The highest BCUT2D eigenvalue weighted by Crippen LogP contribution is 2.22. The lowest BCUT2D eigenvalue weighted by Gasteiger charge is -2.03. The second kappa shape index (κ2) is 6.11. The molecule has 108 valence electrons. The monoisotopic (exact) mass is 301 g/mol. The van der Waals surface area contributed by atoms with Crippen LogP contribution in [-0.2, 0) is 6.42 Å². The lowest BCUT2D eigenvalue weighted by molar-refractivity contribution is 0.354. The number of aromatic amines is 1. The van der Waals surface area contributed by atoms with Gasteiger partial charge in [0.15, 0.2) is 0 Å². The minimum atomic E-state index is -0.350. The van der Waals surface area contributed by atoms with Gasteiger partial charge in [0.1, 0.15) is 0 Å². The van der Waals surface area contributed by atoms with E-state index in [1.807, 2.05) is 30.5 Å². The molecule has 3 rings (SSSR count). The number of benzene rings is 1. The van der Waals surface area contributed by atoms with E-state index in [4.69, 9.17) is 10.3 Å². The molecule has 2 heterocycles. The highest BCUT2D eigenvalue weighted by Gasteiger charge is 2.16. The largest absolute Gasteiger partial charge is 0.348 e. The number of rotatable bonds is 5. The van der Waals surface area contributed by atoms with Crippen LogP contribution in [0.3, 0.4) is 0 Å². The Morgan fingerprint density at radius 1 is 1.33 bits per heavy atom. The average Bonchev–Trinajstić information content (AvgIpc) is 3.18. The van der Waals surface area contributed by atoms with Crippen LogP contribution in [0.2, 0.25) is 0 Å². The van der Waals surface area contributed by atoms with Gasteiger partial charge in [0.05, 0.1) is 12.4 Å². The van der Waals surface area contributed by atoms with Crippen LogP contribution in [0, 0.1) is 0 Å². The quantitative estimate of drug-likeness (QED) is 0.703. The highest BCUT2D eigenvalue weighted by molar-refractivity contribution is 7.98. The summed E-state index contributed by atoms with van der Waals surface area (Å²) in [7, 11) is 0. The van der Waals surface area contributed by atoms with E-state index in [9.17, 15) is 0 Å². The summed E-state index contributed by atoms with van der Waals surface area (Å²) in [4.78, 5) is 12.5. The van der Waals surface area contributed by atoms with E-state index in [-0.39, 0.29) is 6.04 Å². The highest BCUT2D eigenvalue weighted by atomic mass is 32.2. The molecule has 3 N–H and O–H groups in total. The van der Waals surface area contributed by atoms with Gasteiger partial charge in [-0.15, -0.1) is 11.8 Å². The number of H-pyrrole nitrogens is 1. The third-order valence-corrected chi connectivity index (χ3v) is 3.85. The number of nitrogens with one attached hydrogen (secondary N) is 1. The molecule has 0 bridgehead atoms. The predicted molar refractivity (Wildman–Crippen MR) is 80.7 cm³/mol. The van der Waals surface area contributed by atoms with Crippen LogP contribution in [0.15, 0.2) is 46.2 Å². The minimum absolute atomic E-state index is 0.350. The molecule has 0 aliphatic rings. The third kappa shape index (κ3) is 3.14. The maximum atomic E-state index is 6.08. The number of nitrogens with zero attached hydrogens (tertiary/aromatic N) is 3. The first kappa shape index (κ1) is 13.8. The van der Waals surface area contributed by atoms with Gasteiger partial charge < -0.3 is 15.2 Å². The lowest BCUT2D eigenvalue weighted by Crippen LogP contribution is -2.13. The maximum absolute atomic E-state index is 6.08. The van der Waals surface area contributed by atoms with Crippen LogP contribution in [0.4, 0.5) is 0 Å². The van der Waals surface area contributed by atoms with Crippen LogP contribution in [0.5, 0.6) is 0 Å². The second-order valence-electron chi connectivity index (χ2n) is 4.57. The lowest BCUT2D eigenvalue weighted by atomic mass is 10.2. The predicted octanol–water partition coefficient (Wildman–Crippen LogP) is 2.42. The Bertz CT molecular complexity index is 692. The Morgan fingerprint density at radius 3 is 2.81 bits per heavy atom. The number of thioether (sulfide) groups is 1. The zero-order valence-electron chi connectivity index (χ0n) is 11.5. The van der Waals surface area contributed by atoms with E-state index in [1.165, 1.54) is 4.90 Å². The standard InChI is InChI=1S/C14H15N5OS/c1-21-11-4-2-9(3-5-11)13-18-14(20-19-13)12(15)6-10-7-16-8-17-10/h2-5,7-8,12H,6,15H2,1H3,(H,16,17)/t12-/m1/s1. The van der Waals surface area contributed by atoms with Gasteiger partial charge in [0.2, 0.25) is 11.7 Å². The van der Waals surface area contributed by atoms with Crippen molar-refractivity contribution in [3.63, 3.8) is 0 Å². The molecule has 1 atom stereocenters. The summed E-state index contributed by atoms with van der Waals surface area (Å²) >= 11 is 1.69. The van der Waals surface area contributed by atoms with Crippen molar-refractivity contribution in [2.24, 2.45) is 5.73 Å². The normalized spacial score (nSPS) is 12.5. The van der Waals surface area contributed by atoms with E-state index in [1.54, 1.807) is 24.3 Å². The Balaban J connectivity index is 1.75. The summed E-state index contributed by atoms with van der Waals surface area (Å²) in [5.74, 6) is 0.978. The van der Waals surface area contributed by atoms with Gasteiger partial charge in [0.25, 0.3) is 0 Å². The SMILES string of the molecule is CSc1ccc(-c2noc([C@H](N)Cc3cnc[nH]3)n2)cc1. The summed E-state index contributed by atoms with van der Waals surface area (Å²) in [6.45, 7) is 0. The van der Waals surface area contributed by atoms with E-state index in [2.05, 4.69) is 20.1 Å². The zero-order chi connectivity index (χ0) is 14.7. The summed E-state index contributed by atoms with van der Waals surface area (Å²) in [6, 6.07) is 7.65. The zero-order valence-corrected chi connectivity index (χ0v) is 12.3. The van der Waals surface area contributed by atoms with Gasteiger partial charge in [-0.25, -0.2) is 4.98 Å². The van der Waals surface area contributed by atoms with Crippen molar-refractivity contribution >= 4 is 11.8 Å². The molecule has 1 aromatic carbocycles. The molecule has 0 fully saturated rings. The van der Waals surface area contributed by atoms with Crippen LogP contribution < -0.4 is 5.73 Å². The molecule has 7 heteroatoms. The third-order valence-electron chi connectivity index (χ3n) is 3.10. The van der Waals surface area contributed by atoms with Crippen LogP contribution in [-0.4, -0.2) is 26.4 Å². The summed E-state index contributed by atoms with van der Waals surface area (Å²) in [5, 5.41) is 3.99. The number of hydrogen-bond donors (Lipinski definition) is 2. The Morgan fingerprint density at radius 2 is 2.14 bits per heavy atom. The maximum Gasteiger partial charge on any atom is 0.244 e. The Labute approximate surface area is 126 Å². The average molecular weight is 301 g/mol. The summed E-state index contributed by atoms with van der Waals surface area (Å²) < 4.78 is 5.26. The van der Waals surface area contributed by atoms with E-state index in [0.717, 1.165) is 11.3 Å². The second-order valence-corrected chi connectivity index (χ2v) is 5.45. The topological polar surface area (TPSA) is 93.6 Å². The molecule has 0 radical (unpaired) electrons. The Kier molecular flexibility index (Phi) is 4.03. The van der Waals surface area contributed by atoms with Crippen molar-refractivity contribution in [3.05, 3.63) is 48.4 Å². The van der Waals surface area contributed by atoms with Crippen LogP contribution in [0.1, 0.15) is 17.6 Å². The molecular weight excluding hydrogens is 286 g/mol. The summed E-state index contributed by atoms with van der Waals surface area (Å²) in [6.07, 6.45) is 5.97. The molecule has 6 nitrogen and oxygen atoms in total. The van der Waals surface area contributed by atoms with Crippen molar-refractivity contribution in [2.75, 3.05) is 6.26 Å². The molecule has 3 aromatic rings. The van der Waals surface area contributed by atoms with Gasteiger partial charge in [-0.05, 0) is 30.5 Å². The van der Waals surface area contributed by atoms with E-state index in [0.29, 0.717) is 18.1 Å². The fourth-order valence-electron chi connectivity index (χ4n) is 1.96. The molecular formula is C14H15N5OS. The first-order valence-electron chi connectivity index (χ1n) is 6.47.